The Hall–Kier alpha value is -5.34. The molecule has 854 valence electrons. The number of ether oxygens (including phenoxy) is 23. The Labute approximate surface area is 836 Å². The molecule has 66 heteroatoms. The number of hydrogen-bond acceptors (Lipinski definition) is 60. The standard InChI is InChI=1S/C82H135N5O61/c1-17-38(101)49(112)54(117)76(128-17)126-16-32-64(45(108)33(71(125)129-32)83-18(2)96)140-73-35(85-20(4)98)46(109)62(28(12-93)134-73)143-80-59(122)66(145-82-69(57(120)63(30(14-95)137-82)139-72-34(84-19(3)97)44(107)39(102)23(7-88)130-72)148-75-37(87-22(6)100)47(110)60(27(11-92)136-75)141-77-55(118)50(113)40(103)24(8-89)131-77)43(106)31(138-80)15-127-81-68(52(115)41(104)25(9-90)133-81)147-74-36(86-21(5)99)48(111)61(29(13-94)135-74)142-79-58(121)65(42(105)26(10-91)132-79)144-78-56(119)51(114)53(116)67(146-78)70(123)124/h17,23-69,71-82,88-95,101-122,125H,7-16H2,1-6H3,(H,83,96)(H,84,97)(H,85,98)(H,86,99)(H,87,100)(H,123,124)/t17-,23+,24+,25+,26+,27+,28+,29+,30+,31+,32+,33+,34+,35+,36+,37+,38+,39+,40-,41+,42-,43+,44+,45+,46+,47+,48+,49+,50-,51-,52-,53-,54-,55+,56+,57-,58+,59-,60+,61+,62+,63+,64+,65-,66-,67-,68-,69-,71+,72-,73-,74-,75-,76+,77-,78+,79-,80-,81-,82+/m0/s1. The van der Waals surface area contributed by atoms with Crippen molar-refractivity contribution in [2.45, 2.75) is 410 Å². The molecule has 60 atom stereocenters. The fourth-order valence-electron chi connectivity index (χ4n) is 19.1. The molecule has 0 aromatic rings. The predicted octanol–water partition coefficient (Wildman–Crippen LogP) is -25.3. The fraction of sp³-hybridized carbons (Fsp3) is 0.927. The third-order valence-corrected chi connectivity index (χ3v) is 27.0. The maximum atomic E-state index is 13.5. The van der Waals surface area contributed by atoms with Crippen molar-refractivity contribution in [3.63, 3.8) is 0 Å². The molecule has 148 heavy (non-hydrogen) atoms. The van der Waals surface area contributed by atoms with Crippen LogP contribution in [0, 0.1) is 0 Å². The van der Waals surface area contributed by atoms with Crippen molar-refractivity contribution in [3.8, 4) is 0 Å². The van der Waals surface area contributed by atoms with Gasteiger partial charge in [-0.25, -0.2) is 4.79 Å². The predicted molar refractivity (Wildman–Crippen MR) is 452 cm³/mol. The molecule has 12 aliphatic heterocycles. The summed E-state index contributed by atoms with van der Waals surface area (Å²) >= 11 is 0. The normalized spacial score (nSPS) is 49.3. The van der Waals surface area contributed by atoms with Crippen molar-refractivity contribution in [1.29, 1.82) is 0 Å². The van der Waals surface area contributed by atoms with E-state index in [2.05, 4.69) is 26.6 Å². The van der Waals surface area contributed by atoms with Crippen LogP contribution in [0.15, 0.2) is 0 Å². The molecular weight excluding hydrogens is 2030 g/mol. The Balaban J connectivity index is 0.907. The third-order valence-electron chi connectivity index (χ3n) is 27.0. The Morgan fingerprint density at radius 2 is 0.473 bits per heavy atom. The maximum absolute atomic E-state index is 13.5. The van der Waals surface area contributed by atoms with Crippen LogP contribution in [-0.4, -0.2) is 633 Å². The molecule has 66 nitrogen and oxygen atoms in total. The molecule has 0 radical (unpaired) electrons. The number of carbonyl (C=O) groups is 6. The van der Waals surface area contributed by atoms with Gasteiger partial charge in [0.05, 0.1) is 72.2 Å². The van der Waals surface area contributed by atoms with Gasteiger partial charge >= 0.3 is 5.97 Å². The molecule has 0 bridgehead atoms. The number of aliphatic hydroxyl groups is 31. The van der Waals surface area contributed by atoms with Crippen LogP contribution in [0.5, 0.6) is 0 Å². The summed E-state index contributed by atoms with van der Waals surface area (Å²) in [5, 5.41) is 374. The van der Waals surface area contributed by atoms with Crippen LogP contribution >= 0.6 is 0 Å². The summed E-state index contributed by atoms with van der Waals surface area (Å²) in [7, 11) is 0. The van der Waals surface area contributed by atoms with Crippen LogP contribution in [0.3, 0.4) is 0 Å². The van der Waals surface area contributed by atoms with Crippen LogP contribution in [0.25, 0.3) is 0 Å². The second kappa shape index (κ2) is 52.7. The average Bonchev–Trinajstić information content (AvgIpc) is 0.719. The van der Waals surface area contributed by atoms with Crippen molar-refractivity contribution in [2.24, 2.45) is 0 Å². The molecule has 12 aliphatic rings. The zero-order valence-corrected chi connectivity index (χ0v) is 79.4. The van der Waals surface area contributed by atoms with E-state index in [1.807, 2.05) is 0 Å². The Morgan fingerprint density at radius 3 is 0.892 bits per heavy atom. The minimum Gasteiger partial charge on any atom is -0.479 e. The van der Waals surface area contributed by atoms with E-state index in [1.165, 1.54) is 6.92 Å². The summed E-state index contributed by atoms with van der Waals surface area (Å²) in [6, 6.07) is -10.1. The van der Waals surface area contributed by atoms with Crippen molar-refractivity contribution in [2.75, 3.05) is 66.1 Å². The van der Waals surface area contributed by atoms with Gasteiger partial charge in [-0.3, -0.25) is 24.0 Å². The van der Waals surface area contributed by atoms with Crippen LogP contribution in [0.2, 0.25) is 0 Å². The Bertz CT molecular complexity index is 4200. The highest BCUT2D eigenvalue weighted by Gasteiger charge is 2.64. The zero-order chi connectivity index (χ0) is 109. The van der Waals surface area contributed by atoms with E-state index in [0.29, 0.717) is 0 Å². The molecule has 0 aromatic heterocycles. The van der Waals surface area contributed by atoms with Crippen LogP contribution in [0.1, 0.15) is 41.5 Å². The van der Waals surface area contributed by atoms with Crippen molar-refractivity contribution in [3.05, 3.63) is 0 Å². The number of carboxylic acid groups (broad SMARTS) is 1. The van der Waals surface area contributed by atoms with E-state index < -0.39 is 470 Å². The molecule has 0 saturated carbocycles. The number of hydrogen-bond donors (Lipinski definition) is 37. The van der Waals surface area contributed by atoms with E-state index in [9.17, 15) is 192 Å². The summed E-state index contributed by atoms with van der Waals surface area (Å²) in [5.41, 5.74) is 0. The number of carbonyl (C=O) groups excluding carboxylic acids is 5. The molecule has 12 saturated heterocycles. The topological polar surface area (TPSA) is 1020 Å². The number of aliphatic hydroxyl groups excluding tert-OH is 31. The second-order valence-corrected chi connectivity index (χ2v) is 37.4. The first-order valence-corrected chi connectivity index (χ1v) is 47.0. The molecule has 0 spiro atoms. The van der Waals surface area contributed by atoms with Gasteiger partial charge < -0.3 is 299 Å². The summed E-state index contributed by atoms with van der Waals surface area (Å²) in [4.78, 5) is 77.6. The quantitative estimate of drug-likeness (QED) is 0.0273. The lowest BCUT2D eigenvalue weighted by Crippen LogP contribution is -2.71. The molecule has 0 aromatic carbocycles. The number of nitrogens with one attached hydrogen (secondary N) is 5. The average molecular weight is 2170 g/mol. The molecule has 0 aliphatic carbocycles. The van der Waals surface area contributed by atoms with Gasteiger partial charge in [0, 0.05) is 34.6 Å². The summed E-state index contributed by atoms with van der Waals surface area (Å²) in [6.45, 7) is -6.39. The molecule has 5 amide bonds. The van der Waals surface area contributed by atoms with Crippen molar-refractivity contribution in [1.82, 2.24) is 26.6 Å². The maximum Gasteiger partial charge on any atom is 0.335 e. The first-order valence-electron chi connectivity index (χ1n) is 47.0. The zero-order valence-electron chi connectivity index (χ0n) is 79.4. The summed E-state index contributed by atoms with van der Waals surface area (Å²) < 4.78 is 138. The number of carboxylic acids is 1. The number of amides is 5. The molecule has 12 rings (SSSR count). The van der Waals surface area contributed by atoms with Gasteiger partial charge in [0.25, 0.3) is 0 Å². The summed E-state index contributed by atoms with van der Waals surface area (Å²) in [5.74, 6) is -6.92. The molecule has 12 heterocycles. The van der Waals surface area contributed by atoms with Crippen LogP contribution in [-0.2, 0) is 138 Å². The van der Waals surface area contributed by atoms with Gasteiger partial charge in [-0.05, 0) is 6.92 Å². The first-order chi connectivity index (χ1) is 69.9. The highest BCUT2D eigenvalue weighted by molar-refractivity contribution is 5.75. The molecule has 12 fully saturated rings. The molecule has 0 unspecified atom stereocenters. The smallest absolute Gasteiger partial charge is 0.335 e. The molecular formula is C82H135N5O61. The number of rotatable bonds is 38. The van der Waals surface area contributed by atoms with Gasteiger partial charge in [0.2, 0.25) is 29.5 Å². The SMILES string of the molecule is CC(=O)N[C@@H]1[C@@H](O)[C@H](O[C@@H]2O[C@H](CO)[C@@H](O[C@@H]3O[C@H](CO[C@H]4O[C@H](CO)[C@@H](O)[C@H](O)[C@@H]4O[C@@H]4O[C@H](CO)[C@@H](O[C@@H]5O[C@H](CO)[C@H](O)[C@H](O[C@@H]6O[C@H](C(=O)O)[C@@H](O)[C@H](O)[C@H]6O)[C@H]5O)[C@H](O)[C@H]4NC(C)=O)[C@@H](O)[C@H](O[C@H]4O[C@H](CO)[C@@H](O[C@@H]5O[C@H](CO)[C@@H](O)[C@H](O)[C@H]5NC(C)=O)[C@H](O)[C@@H]4O[C@@H]4O[C@H](CO)[C@@H](O[C@@H]5O[C@H](CO)[C@H](O)[C@H](O)[C@H]5O)[C@H](O)[C@H]4NC(C)=O)[C@@H]3O)[C@H](O)[C@H]2NC(C)=O)[C@@H](CO[C@@H]2O[C@@H](C)[C@@H](O)[C@@H](O)[C@@H]2O)O[C@H]1O. The van der Waals surface area contributed by atoms with Crippen LogP contribution in [0.4, 0.5) is 0 Å². The van der Waals surface area contributed by atoms with Gasteiger partial charge in [-0.2, -0.15) is 0 Å². The largest absolute Gasteiger partial charge is 0.479 e. The second-order valence-electron chi connectivity index (χ2n) is 37.4. The van der Waals surface area contributed by atoms with Crippen molar-refractivity contribution < 1.29 is 301 Å². The van der Waals surface area contributed by atoms with Gasteiger partial charge in [0.15, 0.2) is 81.6 Å². The van der Waals surface area contributed by atoms with E-state index in [0.717, 1.165) is 34.6 Å². The minimum atomic E-state index is -2.79. The first kappa shape index (κ1) is 121. The van der Waals surface area contributed by atoms with Gasteiger partial charge in [0.1, 0.15) is 280 Å². The Kier molecular flexibility index (Phi) is 43.2. The fourth-order valence-corrected chi connectivity index (χ4v) is 19.1. The summed E-state index contributed by atoms with van der Waals surface area (Å²) in [6.07, 6.45) is -122. The van der Waals surface area contributed by atoms with E-state index >= 15 is 0 Å². The Morgan fingerprint density at radius 1 is 0.209 bits per heavy atom. The lowest BCUT2D eigenvalue weighted by molar-refractivity contribution is -0.405. The highest BCUT2D eigenvalue weighted by Crippen LogP contribution is 2.43. The monoisotopic (exact) mass is 2170 g/mol. The third kappa shape index (κ3) is 26.7. The van der Waals surface area contributed by atoms with E-state index in [4.69, 9.17) is 109 Å². The lowest BCUT2D eigenvalue weighted by Gasteiger charge is -2.52. The molecule has 37 N–H and O–H groups in total. The number of aliphatic carboxylic acids is 1. The van der Waals surface area contributed by atoms with E-state index in [-0.39, 0.29) is 0 Å². The van der Waals surface area contributed by atoms with Crippen molar-refractivity contribution >= 4 is 35.5 Å². The van der Waals surface area contributed by atoms with Gasteiger partial charge in [-0.1, -0.05) is 0 Å². The van der Waals surface area contributed by atoms with Gasteiger partial charge in [-0.15, -0.1) is 0 Å². The lowest BCUT2D eigenvalue weighted by atomic mass is 9.93. The highest BCUT2D eigenvalue weighted by atomic mass is 16.8. The van der Waals surface area contributed by atoms with E-state index in [1.54, 1.807) is 0 Å². The minimum absolute atomic E-state index is 0.863. The van der Waals surface area contributed by atoms with Crippen LogP contribution < -0.4 is 26.6 Å².